The van der Waals surface area contributed by atoms with Crippen LogP contribution in [-0.4, -0.2) is 0 Å². The summed E-state index contributed by atoms with van der Waals surface area (Å²) in [7, 11) is 0. The number of unbranched alkanes of at least 4 members (excludes halogenated alkanes) is 1. The second-order valence-electron chi connectivity index (χ2n) is 5.30. The average molecular weight is 198 g/mol. The van der Waals surface area contributed by atoms with Crippen LogP contribution in [0.4, 0.5) is 0 Å². The Morgan fingerprint density at radius 2 is 1.50 bits per heavy atom. The third-order valence-corrected chi connectivity index (χ3v) is 3.25. The van der Waals surface area contributed by atoms with E-state index in [9.17, 15) is 0 Å². The molecule has 2 unspecified atom stereocenters. The first kappa shape index (κ1) is 14.0. The van der Waals surface area contributed by atoms with Gasteiger partial charge in [-0.15, -0.1) is 0 Å². The fourth-order valence-corrected chi connectivity index (χ4v) is 2.37. The van der Waals surface area contributed by atoms with Crippen LogP contribution >= 0.6 is 0 Å². The van der Waals surface area contributed by atoms with Crippen LogP contribution in [0, 0.1) is 17.8 Å². The van der Waals surface area contributed by atoms with Gasteiger partial charge in [-0.1, -0.05) is 66.7 Å². The van der Waals surface area contributed by atoms with Gasteiger partial charge < -0.3 is 0 Å². The van der Waals surface area contributed by atoms with E-state index in [0.717, 1.165) is 17.8 Å². The van der Waals surface area contributed by atoms with Crippen molar-refractivity contribution in [3.8, 4) is 0 Å². The van der Waals surface area contributed by atoms with Gasteiger partial charge in [-0.3, -0.25) is 0 Å². The minimum absolute atomic E-state index is 0.871. The first-order valence-corrected chi connectivity index (χ1v) is 6.61. The highest BCUT2D eigenvalue weighted by Crippen LogP contribution is 2.28. The van der Waals surface area contributed by atoms with Crippen molar-refractivity contribution in [2.75, 3.05) is 0 Å². The molecule has 0 saturated carbocycles. The van der Waals surface area contributed by atoms with E-state index < -0.39 is 0 Å². The molecule has 0 amide bonds. The lowest BCUT2D eigenvalue weighted by atomic mass is 9.81. The third kappa shape index (κ3) is 6.45. The molecule has 0 spiro atoms. The van der Waals surface area contributed by atoms with Crippen LogP contribution in [0.5, 0.6) is 0 Å². The molecule has 0 N–H and O–H groups in total. The maximum Gasteiger partial charge on any atom is -0.0386 e. The largest absolute Gasteiger partial charge is 0.0654 e. The molecule has 0 aliphatic heterocycles. The smallest absolute Gasteiger partial charge is 0.0386 e. The molecule has 0 radical (unpaired) electrons. The van der Waals surface area contributed by atoms with Crippen LogP contribution in [0.2, 0.25) is 0 Å². The van der Waals surface area contributed by atoms with Crippen molar-refractivity contribution in [2.24, 2.45) is 17.8 Å². The quantitative estimate of drug-likeness (QED) is 0.498. The van der Waals surface area contributed by atoms with Crippen molar-refractivity contribution in [3.05, 3.63) is 0 Å². The SMILES string of the molecule is CCCCC(C)C(CCC)CC(C)C. The molecule has 0 heterocycles. The van der Waals surface area contributed by atoms with Crippen LogP contribution in [0.15, 0.2) is 0 Å². The zero-order chi connectivity index (χ0) is 11.0. The molecule has 0 bridgehead atoms. The van der Waals surface area contributed by atoms with Gasteiger partial charge in [0.15, 0.2) is 0 Å². The highest BCUT2D eigenvalue weighted by Gasteiger charge is 2.16. The van der Waals surface area contributed by atoms with Crippen LogP contribution in [0.1, 0.15) is 73.1 Å². The van der Waals surface area contributed by atoms with E-state index in [2.05, 4.69) is 34.6 Å². The van der Waals surface area contributed by atoms with Gasteiger partial charge in [0.25, 0.3) is 0 Å². The molecule has 0 aromatic heterocycles. The Balaban J connectivity index is 3.90. The highest BCUT2D eigenvalue weighted by atomic mass is 14.2. The molecule has 0 heteroatoms. The van der Waals surface area contributed by atoms with E-state index in [0.29, 0.717) is 0 Å². The van der Waals surface area contributed by atoms with Crippen molar-refractivity contribution in [3.63, 3.8) is 0 Å². The zero-order valence-electron chi connectivity index (χ0n) is 11.0. The van der Waals surface area contributed by atoms with Crippen LogP contribution in [-0.2, 0) is 0 Å². The number of hydrogen-bond acceptors (Lipinski definition) is 0. The van der Waals surface area contributed by atoms with Crippen molar-refractivity contribution in [1.82, 2.24) is 0 Å². The zero-order valence-corrected chi connectivity index (χ0v) is 11.0. The second-order valence-corrected chi connectivity index (χ2v) is 5.30. The Bertz CT molecular complexity index is 115. The molecule has 86 valence electrons. The predicted octanol–water partition coefficient (Wildman–Crippen LogP) is 5.28. The normalized spacial score (nSPS) is 15.9. The lowest BCUT2D eigenvalue weighted by Crippen LogP contribution is -2.14. The van der Waals surface area contributed by atoms with Crippen molar-refractivity contribution in [1.29, 1.82) is 0 Å². The molecule has 14 heavy (non-hydrogen) atoms. The molecule has 0 aromatic rings. The summed E-state index contributed by atoms with van der Waals surface area (Å²) in [5, 5.41) is 0. The molecule has 0 nitrogen and oxygen atoms in total. The van der Waals surface area contributed by atoms with Crippen molar-refractivity contribution in [2.45, 2.75) is 73.1 Å². The van der Waals surface area contributed by atoms with E-state index in [1.807, 2.05) is 0 Å². The fourth-order valence-electron chi connectivity index (χ4n) is 2.37. The lowest BCUT2D eigenvalue weighted by Gasteiger charge is -2.25. The predicted molar refractivity (Wildman–Crippen MR) is 66.5 cm³/mol. The summed E-state index contributed by atoms with van der Waals surface area (Å²) in [4.78, 5) is 0. The topological polar surface area (TPSA) is 0 Å². The molecule has 0 aliphatic rings. The minimum Gasteiger partial charge on any atom is -0.0654 e. The average Bonchev–Trinajstić information content (AvgIpc) is 2.13. The summed E-state index contributed by atoms with van der Waals surface area (Å²) in [6, 6.07) is 0. The van der Waals surface area contributed by atoms with Gasteiger partial charge in [-0.2, -0.15) is 0 Å². The summed E-state index contributed by atoms with van der Waals surface area (Å²) in [6.07, 6.45) is 8.42. The summed E-state index contributed by atoms with van der Waals surface area (Å²) in [5.74, 6) is 2.79. The van der Waals surface area contributed by atoms with Gasteiger partial charge in [0.2, 0.25) is 0 Å². The molecule has 0 fully saturated rings. The molecule has 0 aromatic carbocycles. The Morgan fingerprint density at radius 3 is 1.93 bits per heavy atom. The van der Waals surface area contributed by atoms with Gasteiger partial charge in [-0.25, -0.2) is 0 Å². The van der Waals surface area contributed by atoms with E-state index in [-0.39, 0.29) is 0 Å². The third-order valence-electron chi connectivity index (χ3n) is 3.25. The molecular weight excluding hydrogens is 168 g/mol. The van der Waals surface area contributed by atoms with E-state index >= 15 is 0 Å². The molecular formula is C14H30. The summed E-state index contributed by atoms with van der Waals surface area (Å²) < 4.78 is 0. The van der Waals surface area contributed by atoms with E-state index in [1.54, 1.807) is 0 Å². The molecule has 2 atom stereocenters. The van der Waals surface area contributed by atoms with Crippen LogP contribution < -0.4 is 0 Å². The van der Waals surface area contributed by atoms with Crippen LogP contribution in [0.25, 0.3) is 0 Å². The Morgan fingerprint density at radius 1 is 0.857 bits per heavy atom. The highest BCUT2D eigenvalue weighted by molar-refractivity contribution is 4.68. The number of rotatable bonds is 8. The summed E-state index contributed by atoms with van der Waals surface area (Å²) in [6.45, 7) is 11.8. The second kappa shape index (κ2) is 8.32. The number of hydrogen-bond donors (Lipinski definition) is 0. The van der Waals surface area contributed by atoms with Crippen LogP contribution in [0.3, 0.4) is 0 Å². The maximum atomic E-state index is 2.46. The molecule has 0 rings (SSSR count). The standard InChI is InChI=1S/C14H30/c1-6-8-10-13(5)14(9-7-2)11-12(3)4/h12-14H,6-11H2,1-5H3. The van der Waals surface area contributed by atoms with E-state index in [4.69, 9.17) is 0 Å². The first-order valence-electron chi connectivity index (χ1n) is 6.61. The lowest BCUT2D eigenvalue weighted by molar-refractivity contribution is 0.262. The first-order chi connectivity index (χ1) is 6.61. The van der Waals surface area contributed by atoms with Crippen molar-refractivity contribution < 1.29 is 0 Å². The minimum atomic E-state index is 0.871. The summed E-state index contributed by atoms with van der Waals surface area (Å²) >= 11 is 0. The molecule has 0 aliphatic carbocycles. The Hall–Kier alpha value is 0. The maximum absolute atomic E-state index is 2.46. The van der Waals surface area contributed by atoms with Gasteiger partial charge in [0, 0.05) is 0 Å². The fraction of sp³-hybridized carbons (Fsp3) is 1.00. The van der Waals surface area contributed by atoms with Crippen molar-refractivity contribution >= 4 is 0 Å². The summed E-state index contributed by atoms with van der Waals surface area (Å²) in [5.41, 5.74) is 0. The Kier molecular flexibility index (Phi) is 8.32. The molecule has 0 saturated heterocycles. The monoisotopic (exact) mass is 198 g/mol. The van der Waals surface area contributed by atoms with Gasteiger partial charge in [-0.05, 0) is 24.2 Å². The van der Waals surface area contributed by atoms with Gasteiger partial charge >= 0.3 is 0 Å². The Labute approximate surface area is 91.5 Å². The van der Waals surface area contributed by atoms with Gasteiger partial charge in [0.05, 0.1) is 0 Å². The van der Waals surface area contributed by atoms with Gasteiger partial charge in [0.1, 0.15) is 0 Å². The van der Waals surface area contributed by atoms with E-state index in [1.165, 1.54) is 38.5 Å².